The molecular formula is C15H12ClNO3. The molecule has 0 aliphatic carbocycles. The molecule has 20 heavy (non-hydrogen) atoms. The second-order valence-electron chi connectivity index (χ2n) is 4.54. The van der Waals surface area contributed by atoms with Crippen LogP contribution in [0.2, 0.25) is 5.02 Å². The zero-order valence-corrected chi connectivity index (χ0v) is 11.2. The third-order valence-corrected chi connectivity index (χ3v) is 3.44. The first-order valence-corrected chi connectivity index (χ1v) is 6.54. The predicted molar refractivity (Wildman–Crippen MR) is 75.3 cm³/mol. The van der Waals surface area contributed by atoms with Crippen LogP contribution in [-0.4, -0.2) is 17.6 Å². The maximum atomic E-state index is 12.2. The van der Waals surface area contributed by atoms with E-state index in [1.165, 1.54) is 12.1 Å². The quantitative estimate of drug-likeness (QED) is 0.894. The Hall–Kier alpha value is -2.20. The van der Waals surface area contributed by atoms with Crippen LogP contribution in [0.3, 0.4) is 0 Å². The number of aromatic hydroxyl groups is 1. The van der Waals surface area contributed by atoms with E-state index in [1.54, 1.807) is 6.07 Å². The van der Waals surface area contributed by atoms with Gasteiger partial charge >= 0.3 is 0 Å². The summed E-state index contributed by atoms with van der Waals surface area (Å²) >= 11 is 5.75. The van der Waals surface area contributed by atoms with Gasteiger partial charge in [-0.25, -0.2) is 0 Å². The van der Waals surface area contributed by atoms with Gasteiger partial charge in [0.25, 0.3) is 5.91 Å². The number of hydrogen-bond acceptors (Lipinski definition) is 3. The molecule has 0 saturated carbocycles. The van der Waals surface area contributed by atoms with Crippen molar-refractivity contribution in [2.24, 2.45) is 0 Å². The Labute approximate surface area is 120 Å². The average molecular weight is 290 g/mol. The van der Waals surface area contributed by atoms with Gasteiger partial charge in [-0.3, -0.25) is 4.79 Å². The zero-order valence-electron chi connectivity index (χ0n) is 10.5. The molecule has 3 rings (SSSR count). The van der Waals surface area contributed by atoms with Crippen molar-refractivity contribution in [1.29, 1.82) is 0 Å². The van der Waals surface area contributed by atoms with Gasteiger partial charge in [0.15, 0.2) is 0 Å². The molecule has 2 aromatic carbocycles. The first-order chi connectivity index (χ1) is 9.65. The second kappa shape index (κ2) is 5.06. The highest BCUT2D eigenvalue weighted by atomic mass is 35.5. The molecule has 5 heteroatoms. The summed E-state index contributed by atoms with van der Waals surface area (Å²) in [5, 5.41) is 13.0. The van der Waals surface area contributed by atoms with E-state index in [9.17, 15) is 9.90 Å². The van der Waals surface area contributed by atoms with Crippen LogP contribution in [0.5, 0.6) is 11.5 Å². The largest absolute Gasteiger partial charge is 0.507 e. The minimum atomic E-state index is -0.357. The number of rotatable bonds is 2. The number of hydrogen-bond donors (Lipinski definition) is 2. The molecule has 1 unspecified atom stereocenters. The molecular weight excluding hydrogens is 278 g/mol. The normalized spacial score (nSPS) is 16.4. The number of para-hydroxylation sites is 1. The molecule has 1 atom stereocenters. The van der Waals surface area contributed by atoms with Gasteiger partial charge in [-0.2, -0.15) is 0 Å². The number of carbonyl (C=O) groups is 1. The van der Waals surface area contributed by atoms with Gasteiger partial charge in [-0.05, 0) is 24.3 Å². The lowest BCUT2D eigenvalue weighted by molar-refractivity contribution is 0.0927. The highest BCUT2D eigenvalue weighted by molar-refractivity contribution is 6.30. The summed E-state index contributed by atoms with van der Waals surface area (Å²) in [6.07, 6.45) is 0. The third-order valence-electron chi connectivity index (χ3n) is 3.21. The number of phenolic OH excluding ortho intramolecular Hbond substituents is 1. The van der Waals surface area contributed by atoms with E-state index in [0.29, 0.717) is 11.6 Å². The van der Waals surface area contributed by atoms with Crippen molar-refractivity contribution in [3.63, 3.8) is 0 Å². The van der Waals surface area contributed by atoms with Gasteiger partial charge in [-0.1, -0.05) is 29.8 Å². The zero-order chi connectivity index (χ0) is 14.1. The first kappa shape index (κ1) is 12.8. The van der Waals surface area contributed by atoms with Crippen LogP contribution in [0, 0.1) is 0 Å². The lowest BCUT2D eigenvalue weighted by Crippen LogP contribution is -2.29. The van der Waals surface area contributed by atoms with Gasteiger partial charge < -0.3 is 15.2 Å². The maximum absolute atomic E-state index is 12.2. The molecule has 0 radical (unpaired) electrons. The lowest BCUT2D eigenvalue weighted by Gasteiger charge is -2.12. The van der Waals surface area contributed by atoms with Crippen molar-refractivity contribution in [3.8, 4) is 11.5 Å². The van der Waals surface area contributed by atoms with E-state index in [-0.39, 0.29) is 23.3 Å². The number of ether oxygens (including phenoxy) is 1. The Balaban J connectivity index is 1.81. The summed E-state index contributed by atoms with van der Waals surface area (Å²) in [5.74, 6) is 0.282. The van der Waals surface area contributed by atoms with Crippen LogP contribution < -0.4 is 10.1 Å². The Morgan fingerprint density at radius 1 is 1.30 bits per heavy atom. The standard InChI is InChI=1S/C15H12ClNO3/c16-9-5-6-11(13(18)7-9)15(19)17-12-8-20-14-4-2-1-3-10(12)14/h1-7,12,18H,8H2,(H,17,19). The van der Waals surface area contributed by atoms with Gasteiger partial charge in [0, 0.05) is 10.6 Å². The van der Waals surface area contributed by atoms with Crippen LogP contribution in [0.1, 0.15) is 22.0 Å². The highest BCUT2D eigenvalue weighted by Gasteiger charge is 2.26. The second-order valence-corrected chi connectivity index (χ2v) is 4.97. The van der Waals surface area contributed by atoms with Crippen molar-refractivity contribution in [2.75, 3.05) is 6.61 Å². The van der Waals surface area contributed by atoms with E-state index in [2.05, 4.69) is 5.32 Å². The molecule has 0 saturated heterocycles. The Morgan fingerprint density at radius 3 is 2.90 bits per heavy atom. The lowest BCUT2D eigenvalue weighted by atomic mass is 10.1. The number of fused-ring (bicyclic) bond motifs is 1. The molecule has 1 aliphatic rings. The molecule has 0 aromatic heterocycles. The predicted octanol–water partition coefficient (Wildman–Crippen LogP) is 2.91. The van der Waals surface area contributed by atoms with E-state index in [1.807, 2.05) is 24.3 Å². The molecule has 0 bridgehead atoms. The van der Waals surface area contributed by atoms with Gasteiger partial charge in [0.05, 0.1) is 11.6 Å². The number of phenols is 1. The smallest absolute Gasteiger partial charge is 0.255 e. The highest BCUT2D eigenvalue weighted by Crippen LogP contribution is 2.32. The fraction of sp³-hybridized carbons (Fsp3) is 0.133. The Kier molecular flexibility index (Phi) is 3.24. The summed E-state index contributed by atoms with van der Waals surface area (Å²) in [6.45, 7) is 0.388. The first-order valence-electron chi connectivity index (χ1n) is 6.16. The minimum absolute atomic E-state index is 0.137. The van der Waals surface area contributed by atoms with Crippen molar-refractivity contribution >= 4 is 17.5 Å². The van der Waals surface area contributed by atoms with Crippen LogP contribution in [0.15, 0.2) is 42.5 Å². The topological polar surface area (TPSA) is 58.6 Å². The third kappa shape index (κ3) is 2.30. The molecule has 0 fully saturated rings. The molecule has 2 N–H and O–H groups in total. The summed E-state index contributed by atoms with van der Waals surface area (Å²) in [6, 6.07) is 11.7. The monoisotopic (exact) mass is 289 g/mol. The van der Waals surface area contributed by atoms with Crippen molar-refractivity contribution in [3.05, 3.63) is 58.6 Å². The average Bonchev–Trinajstić information content (AvgIpc) is 2.82. The van der Waals surface area contributed by atoms with E-state index >= 15 is 0 Å². The molecule has 0 spiro atoms. The van der Waals surface area contributed by atoms with Crippen LogP contribution in [0.25, 0.3) is 0 Å². The van der Waals surface area contributed by atoms with Crippen molar-refractivity contribution < 1.29 is 14.6 Å². The summed E-state index contributed by atoms with van der Waals surface area (Å²) in [5.41, 5.74) is 1.13. The number of carbonyl (C=O) groups excluding carboxylic acids is 1. The molecule has 1 aliphatic heterocycles. The van der Waals surface area contributed by atoms with Crippen LogP contribution in [-0.2, 0) is 0 Å². The van der Waals surface area contributed by atoms with E-state index in [4.69, 9.17) is 16.3 Å². The number of halogens is 1. The van der Waals surface area contributed by atoms with Crippen molar-refractivity contribution in [1.82, 2.24) is 5.32 Å². The number of amides is 1. The SMILES string of the molecule is O=C(NC1COc2ccccc21)c1ccc(Cl)cc1O. The fourth-order valence-corrected chi connectivity index (χ4v) is 2.38. The molecule has 1 heterocycles. The Bertz CT molecular complexity index is 672. The van der Waals surface area contributed by atoms with Gasteiger partial charge in [-0.15, -0.1) is 0 Å². The van der Waals surface area contributed by atoms with Gasteiger partial charge in [0.1, 0.15) is 18.1 Å². The Morgan fingerprint density at radius 2 is 2.10 bits per heavy atom. The van der Waals surface area contributed by atoms with E-state index < -0.39 is 0 Å². The fourth-order valence-electron chi connectivity index (χ4n) is 2.21. The van der Waals surface area contributed by atoms with Crippen LogP contribution >= 0.6 is 11.6 Å². The molecule has 2 aromatic rings. The van der Waals surface area contributed by atoms with Crippen molar-refractivity contribution in [2.45, 2.75) is 6.04 Å². The minimum Gasteiger partial charge on any atom is -0.507 e. The van der Waals surface area contributed by atoms with E-state index in [0.717, 1.165) is 11.3 Å². The molecule has 4 nitrogen and oxygen atoms in total. The summed E-state index contributed by atoms with van der Waals surface area (Å²) < 4.78 is 5.50. The molecule has 1 amide bonds. The summed E-state index contributed by atoms with van der Waals surface area (Å²) in [4.78, 5) is 12.2. The maximum Gasteiger partial charge on any atom is 0.255 e. The van der Waals surface area contributed by atoms with Gasteiger partial charge in [0.2, 0.25) is 0 Å². The molecule has 102 valence electrons. The summed E-state index contributed by atoms with van der Waals surface area (Å²) in [7, 11) is 0. The number of nitrogens with one attached hydrogen (secondary N) is 1. The number of benzene rings is 2. The van der Waals surface area contributed by atoms with Crippen LogP contribution in [0.4, 0.5) is 0 Å².